The van der Waals surface area contributed by atoms with Crippen LogP contribution in [0.25, 0.3) is 0 Å². The second-order valence-electron chi connectivity index (χ2n) is 4.25. The topological polar surface area (TPSA) is 66.8 Å². The molecule has 6 heteroatoms. The molecule has 0 saturated carbocycles. The highest BCUT2D eigenvalue weighted by Gasteiger charge is 2.36. The predicted octanol–water partition coefficient (Wildman–Crippen LogP) is 0.841. The van der Waals surface area contributed by atoms with Gasteiger partial charge in [-0.1, -0.05) is 12.1 Å². The van der Waals surface area contributed by atoms with Gasteiger partial charge < -0.3 is 9.84 Å². The Morgan fingerprint density at radius 1 is 1.44 bits per heavy atom. The molecule has 1 aliphatic rings. The molecule has 1 heterocycles. The number of ether oxygens (including phenoxy) is 1. The van der Waals surface area contributed by atoms with E-state index in [0.29, 0.717) is 18.7 Å². The van der Waals surface area contributed by atoms with Crippen molar-refractivity contribution in [1.82, 2.24) is 4.31 Å². The first-order chi connectivity index (χ1) is 8.61. The van der Waals surface area contributed by atoms with E-state index in [1.165, 1.54) is 17.5 Å². The zero-order valence-corrected chi connectivity index (χ0v) is 11.1. The van der Waals surface area contributed by atoms with Crippen molar-refractivity contribution < 1.29 is 18.3 Å². The first-order valence-electron chi connectivity index (χ1n) is 5.87. The van der Waals surface area contributed by atoms with Crippen LogP contribution in [0.2, 0.25) is 0 Å². The van der Waals surface area contributed by atoms with Crippen molar-refractivity contribution in [1.29, 1.82) is 0 Å². The van der Waals surface area contributed by atoms with Crippen LogP contribution >= 0.6 is 0 Å². The highest BCUT2D eigenvalue weighted by atomic mass is 32.2. The number of para-hydroxylation sites is 1. The molecule has 1 N–H and O–H groups in total. The van der Waals surface area contributed by atoms with Crippen LogP contribution in [0.15, 0.2) is 29.2 Å². The monoisotopic (exact) mass is 271 g/mol. The van der Waals surface area contributed by atoms with E-state index < -0.39 is 10.0 Å². The molecule has 18 heavy (non-hydrogen) atoms. The van der Waals surface area contributed by atoms with Crippen LogP contribution < -0.4 is 4.74 Å². The van der Waals surface area contributed by atoms with Crippen molar-refractivity contribution in [3.05, 3.63) is 24.3 Å². The Hall–Kier alpha value is -1.11. The average molecular weight is 271 g/mol. The molecule has 1 aliphatic heterocycles. The van der Waals surface area contributed by atoms with Crippen molar-refractivity contribution in [2.45, 2.75) is 23.8 Å². The van der Waals surface area contributed by atoms with Crippen molar-refractivity contribution in [3.8, 4) is 5.75 Å². The van der Waals surface area contributed by atoms with Crippen LogP contribution in [0, 0.1) is 0 Å². The van der Waals surface area contributed by atoms with Gasteiger partial charge in [0.05, 0.1) is 13.7 Å². The van der Waals surface area contributed by atoms with Crippen molar-refractivity contribution >= 4 is 10.0 Å². The minimum Gasteiger partial charge on any atom is -0.495 e. The Morgan fingerprint density at radius 2 is 2.17 bits per heavy atom. The number of methoxy groups -OCH3 is 1. The summed E-state index contributed by atoms with van der Waals surface area (Å²) in [4.78, 5) is 0.160. The maximum atomic E-state index is 12.5. The molecule has 0 aliphatic carbocycles. The lowest BCUT2D eigenvalue weighted by Gasteiger charge is -2.23. The molecule has 1 unspecified atom stereocenters. The van der Waals surface area contributed by atoms with Gasteiger partial charge in [-0.3, -0.25) is 0 Å². The Kier molecular flexibility index (Phi) is 3.89. The second kappa shape index (κ2) is 5.26. The van der Waals surface area contributed by atoms with Crippen molar-refractivity contribution in [2.75, 3.05) is 20.3 Å². The van der Waals surface area contributed by atoms with E-state index in [0.717, 1.165) is 6.42 Å². The average Bonchev–Trinajstić information content (AvgIpc) is 2.87. The first-order valence-corrected chi connectivity index (χ1v) is 7.31. The minimum atomic E-state index is -3.59. The van der Waals surface area contributed by atoms with Gasteiger partial charge in [0.15, 0.2) is 0 Å². The molecule has 2 rings (SSSR count). The quantitative estimate of drug-likeness (QED) is 0.881. The molecule has 0 radical (unpaired) electrons. The van der Waals surface area contributed by atoms with Gasteiger partial charge in [0.2, 0.25) is 10.0 Å². The Labute approximate surface area is 107 Å². The van der Waals surface area contributed by atoms with E-state index >= 15 is 0 Å². The highest BCUT2D eigenvalue weighted by Crippen LogP contribution is 2.30. The second-order valence-corrected chi connectivity index (χ2v) is 6.10. The third-order valence-corrected chi connectivity index (χ3v) is 5.18. The summed E-state index contributed by atoms with van der Waals surface area (Å²) >= 11 is 0. The van der Waals surface area contributed by atoms with Crippen LogP contribution in [0.4, 0.5) is 0 Å². The summed E-state index contributed by atoms with van der Waals surface area (Å²) in [5.41, 5.74) is 0. The third kappa shape index (κ3) is 2.23. The molecule has 100 valence electrons. The number of rotatable bonds is 4. The lowest BCUT2D eigenvalue weighted by atomic mass is 10.2. The number of hydrogen-bond acceptors (Lipinski definition) is 4. The fourth-order valence-electron chi connectivity index (χ4n) is 2.27. The van der Waals surface area contributed by atoms with Gasteiger partial charge in [-0.05, 0) is 25.0 Å². The zero-order chi connectivity index (χ0) is 13.2. The standard InChI is InChI=1S/C12H17NO4S/c1-17-11-6-2-3-7-12(11)18(15,16)13-8-4-5-10(13)9-14/h2-3,6-7,10,14H,4-5,8-9H2,1H3. The first kappa shape index (κ1) is 13.3. The number of nitrogens with zero attached hydrogens (tertiary/aromatic N) is 1. The van der Waals surface area contributed by atoms with Gasteiger partial charge in [0, 0.05) is 12.6 Å². The Balaban J connectivity index is 2.42. The Bertz CT molecular complexity index is 515. The minimum absolute atomic E-state index is 0.144. The number of aliphatic hydroxyl groups is 1. The number of benzene rings is 1. The smallest absolute Gasteiger partial charge is 0.247 e. The molecule has 1 aromatic carbocycles. The van der Waals surface area contributed by atoms with Gasteiger partial charge >= 0.3 is 0 Å². The third-order valence-electron chi connectivity index (χ3n) is 3.19. The molecular formula is C12H17NO4S. The molecule has 0 bridgehead atoms. The summed E-state index contributed by atoms with van der Waals surface area (Å²) in [5.74, 6) is 0.334. The lowest BCUT2D eigenvalue weighted by molar-refractivity contribution is 0.213. The largest absolute Gasteiger partial charge is 0.495 e. The Morgan fingerprint density at radius 3 is 2.83 bits per heavy atom. The van der Waals surface area contributed by atoms with E-state index in [1.54, 1.807) is 18.2 Å². The number of hydrogen-bond donors (Lipinski definition) is 1. The molecular weight excluding hydrogens is 254 g/mol. The fraction of sp³-hybridized carbons (Fsp3) is 0.500. The lowest BCUT2D eigenvalue weighted by Crippen LogP contribution is -2.37. The molecule has 0 aromatic heterocycles. The van der Waals surface area contributed by atoms with Crippen LogP contribution in [-0.2, 0) is 10.0 Å². The molecule has 0 spiro atoms. The van der Waals surface area contributed by atoms with E-state index in [1.807, 2.05) is 0 Å². The number of aliphatic hydroxyl groups excluding tert-OH is 1. The molecule has 1 fully saturated rings. The summed E-state index contributed by atoms with van der Waals surface area (Å²) in [6.45, 7) is 0.306. The van der Waals surface area contributed by atoms with Gasteiger partial charge in [0.1, 0.15) is 10.6 Å². The van der Waals surface area contributed by atoms with E-state index in [2.05, 4.69) is 0 Å². The van der Waals surface area contributed by atoms with Crippen molar-refractivity contribution in [3.63, 3.8) is 0 Å². The molecule has 1 saturated heterocycles. The molecule has 1 aromatic rings. The van der Waals surface area contributed by atoms with E-state index in [4.69, 9.17) is 4.74 Å². The van der Waals surface area contributed by atoms with E-state index in [9.17, 15) is 13.5 Å². The summed E-state index contributed by atoms with van der Waals surface area (Å²) in [5, 5.41) is 9.24. The summed E-state index contributed by atoms with van der Waals surface area (Å²) < 4.78 is 31.5. The normalized spacial score (nSPS) is 21.1. The van der Waals surface area contributed by atoms with Crippen LogP contribution in [-0.4, -0.2) is 44.1 Å². The zero-order valence-electron chi connectivity index (χ0n) is 10.2. The van der Waals surface area contributed by atoms with Crippen LogP contribution in [0.5, 0.6) is 5.75 Å². The van der Waals surface area contributed by atoms with Gasteiger partial charge in [-0.25, -0.2) is 8.42 Å². The highest BCUT2D eigenvalue weighted by molar-refractivity contribution is 7.89. The summed E-state index contributed by atoms with van der Waals surface area (Å²) in [6.07, 6.45) is 1.48. The van der Waals surface area contributed by atoms with Crippen LogP contribution in [0.3, 0.4) is 0 Å². The fourth-order valence-corrected chi connectivity index (χ4v) is 4.11. The predicted molar refractivity (Wildman–Crippen MR) is 67.0 cm³/mol. The van der Waals surface area contributed by atoms with E-state index in [-0.39, 0.29) is 17.5 Å². The van der Waals surface area contributed by atoms with Crippen LogP contribution in [0.1, 0.15) is 12.8 Å². The summed E-state index contributed by atoms with van der Waals surface area (Å²) in [7, 11) is -2.15. The summed E-state index contributed by atoms with van der Waals surface area (Å²) in [6, 6.07) is 6.22. The van der Waals surface area contributed by atoms with Crippen molar-refractivity contribution in [2.24, 2.45) is 0 Å². The van der Waals surface area contributed by atoms with Gasteiger partial charge in [-0.2, -0.15) is 4.31 Å². The number of sulfonamides is 1. The SMILES string of the molecule is COc1ccccc1S(=O)(=O)N1CCCC1CO. The van der Waals surface area contributed by atoms with Gasteiger partial charge in [-0.15, -0.1) is 0 Å². The molecule has 5 nitrogen and oxygen atoms in total. The van der Waals surface area contributed by atoms with Gasteiger partial charge in [0.25, 0.3) is 0 Å². The maximum absolute atomic E-state index is 12.5. The molecule has 0 amide bonds. The maximum Gasteiger partial charge on any atom is 0.247 e. The molecule has 1 atom stereocenters.